The summed E-state index contributed by atoms with van der Waals surface area (Å²) in [4.78, 5) is 40.2. The number of carboxylic acids is 1. The van der Waals surface area contributed by atoms with E-state index >= 15 is 0 Å². The quantitative estimate of drug-likeness (QED) is 0.309. The number of Topliss-reactive ketones (excluding diaryl/α,β-unsaturated/α-hetero) is 1. The van der Waals surface area contributed by atoms with Crippen LogP contribution < -0.4 is 0 Å². The molecule has 30 heavy (non-hydrogen) atoms. The van der Waals surface area contributed by atoms with Gasteiger partial charge >= 0.3 is 5.97 Å². The monoisotopic (exact) mass is 414 g/mol. The molecule has 0 heterocycles. The first kappa shape index (κ1) is 21.8. The molecule has 0 radical (unpaired) electrons. The average molecular weight is 415 g/mol. The summed E-state index contributed by atoms with van der Waals surface area (Å²) in [5.74, 6) is -0.0517. The Morgan fingerprint density at radius 1 is 1.20 bits per heavy atom. The second kappa shape index (κ2) is 7.31. The van der Waals surface area contributed by atoms with Gasteiger partial charge in [0.2, 0.25) is 0 Å². The minimum absolute atomic E-state index is 0.0216. The van der Waals surface area contributed by atoms with Crippen LogP contribution in [0.4, 0.5) is 0 Å². The Morgan fingerprint density at radius 2 is 1.93 bits per heavy atom. The van der Waals surface area contributed by atoms with Gasteiger partial charge in [-0.05, 0) is 55.3 Å². The molecule has 3 saturated carbocycles. The number of carbonyl (C=O) groups excluding carboxylic acids is 2. The molecule has 166 valence electrons. The maximum Gasteiger partial charge on any atom is 0.315 e. The molecule has 0 aromatic rings. The molecule has 4 rings (SSSR count). The molecule has 4 nitrogen and oxygen atoms in total. The zero-order valence-corrected chi connectivity index (χ0v) is 19.1. The number of aliphatic carboxylic acids is 1. The van der Waals surface area contributed by atoms with Crippen molar-refractivity contribution in [2.45, 2.75) is 85.5 Å². The second-order valence-electron chi connectivity index (χ2n) is 11.0. The van der Waals surface area contributed by atoms with Gasteiger partial charge in [0.1, 0.15) is 17.5 Å². The average Bonchev–Trinajstić information content (AvgIpc) is 3.28. The van der Waals surface area contributed by atoms with Gasteiger partial charge in [0.05, 0.1) is 10.8 Å². The number of unbranched alkanes of at least 4 members (excludes halogenated alkanes) is 3. The van der Waals surface area contributed by atoms with E-state index < -0.39 is 22.2 Å². The highest BCUT2D eigenvalue weighted by molar-refractivity contribution is 6.01. The first-order chi connectivity index (χ1) is 14.2. The van der Waals surface area contributed by atoms with Gasteiger partial charge in [-0.3, -0.25) is 9.59 Å². The van der Waals surface area contributed by atoms with Crippen LogP contribution in [-0.2, 0) is 14.4 Å². The van der Waals surface area contributed by atoms with Crippen LogP contribution >= 0.6 is 0 Å². The molecule has 0 aromatic carbocycles. The lowest BCUT2D eigenvalue weighted by molar-refractivity contribution is -0.183. The molecule has 3 fully saturated rings. The number of hydrogen-bond acceptors (Lipinski definition) is 3. The summed E-state index contributed by atoms with van der Waals surface area (Å²) in [5.41, 5.74) is -2.33. The van der Waals surface area contributed by atoms with Crippen molar-refractivity contribution in [2.24, 2.45) is 45.8 Å². The SMILES string of the molecule is CCCCCCC(=O)[C@@]12C[C@@H]3[C@H](C)CC[C@H]3[C@@]3(C=O)C[C@@H]1C=C(C(C)C)[C@@]23C(=O)O. The van der Waals surface area contributed by atoms with Gasteiger partial charge in [0.15, 0.2) is 0 Å². The highest BCUT2D eigenvalue weighted by atomic mass is 16.4. The summed E-state index contributed by atoms with van der Waals surface area (Å²) in [6.45, 7) is 8.44. The highest BCUT2D eigenvalue weighted by Crippen LogP contribution is 2.83. The summed E-state index contributed by atoms with van der Waals surface area (Å²) >= 11 is 0. The van der Waals surface area contributed by atoms with Crippen LogP contribution in [0.15, 0.2) is 11.6 Å². The lowest BCUT2D eigenvalue weighted by atomic mass is 9.42. The van der Waals surface area contributed by atoms with Gasteiger partial charge in [-0.25, -0.2) is 0 Å². The number of rotatable bonds is 9. The highest BCUT2D eigenvalue weighted by Gasteiger charge is 2.85. The third-order valence-electron chi connectivity index (χ3n) is 9.68. The third kappa shape index (κ3) is 2.31. The van der Waals surface area contributed by atoms with Gasteiger partial charge in [-0.2, -0.15) is 0 Å². The smallest absolute Gasteiger partial charge is 0.315 e. The molecule has 0 unspecified atom stereocenters. The fourth-order valence-corrected chi connectivity index (χ4v) is 8.64. The first-order valence-electron chi connectivity index (χ1n) is 12.2. The lowest BCUT2D eigenvalue weighted by Crippen LogP contribution is -2.64. The van der Waals surface area contributed by atoms with E-state index in [2.05, 4.69) is 19.9 Å². The van der Waals surface area contributed by atoms with Crippen molar-refractivity contribution >= 4 is 18.0 Å². The van der Waals surface area contributed by atoms with E-state index in [-0.39, 0.29) is 29.5 Å². The summed E-state index contributed by atoms with van der Waals surface area (Å²) < 4.78 is 0. The number of hydrogen-bond donors (Lipinski definition) is 1. The number of allylic oxidation sites excluding steroid dienone is 1. The molecule has 4 aliphatic rings. The van der Waals surface area contributed by atoms with Gasteiger partial charge in [0, 0.05) is 6.42 Å². The molecule has 0 amide bonds. The number of carboxylic acid groups (broad SMARTS) is 1. The van der Waals surface area contributed by atoms with Crippen molar-refractivity contribution in [3.63, 3.8) is 0 Å². The van der Waals surface area contributed by atoms with Crippen LogP contribution in [-0.4, -0.2) is 23.1 Å². The number of carbonyl (C=O) groups is 3. The van der Waals surface area contributed by atoms with E-state index in [1.165, 1.54) is 0 Å². The van der Waals surface area contributed by atoms with Gasteiger partial charge < -0.3 is 9.90 Å². The van der Waals surface area contributed by atoms with Crippen molar-refractivity contribution in [1.82, 2.24) is 0 Å². The zero-order chi connectivity index (χ0) is 21.9. The molecule has 7 atom stereocenters. The normalized spacial score (nSPS) is 43.6. The largest absolute Gasteiger partial charge is 0.481 e. The van der Waals surface area contributed by atoms with Crippen LogP contribution in [0.2, 0.25) is 0 Å². The maximum absolute atomic E-state index is 14.0. The predicted octanol–water partition coefficient (Wildman–Crippen LogP) is 5.45. The Hall–Kier alpha value is -1.45. The molecule has 4 aliphatic carbocycles. The number of ketones is 1. The van der Waals surface area contributed by atoms with E-state index in [0.29, 0.717) is 25.2 Å². The molecule has 4 heteroatoms. The van der Waals surface area contributed by atoms with Crippen LogP contribution in [0.5, 0.6) is 0 Å². The van der Waals surface area contributed by atoms with Crippen LogP contribution in [0.1, 0.15) is 85.5 Å². The number of aldehydes is 1. The Balaban J connectivity index is 1.88. The third-order valence-corrected chi connectivity index (χ3v) is 9.68. The Bertz CT molecular complexity index is 782. The van der Waals surface area contributed by atoms with Crippen molar-refractivity contribution in [1.29, 1.82) is 0 Å². The summed E-state index contributed by atoms with van der Waals surface area (Å²) in [7, 11) is 0. The molecular weight excluding hydrogens is 376 g/mol. The summed E-state index contributed by atoms with van der Waals surface area (Å²) in [6, 6.07) is 0. The first-order valence-corrected chi connectivity index (χ1v) is 12.2. The second-order valence-corrected chi connectivity index (χ2v) is 11.0. The fourth-order valence-electron chi connectivity index (χ4n) is 8.64. The lowest BCUT2D eigenvalue weighted by Gasteiger charge is -2.57. The molecular formula is C26H38O4. The van der Waals surface area contributed by atoms with E-state index in [1.54, 1.807) is 0 Å². The molecule has 0 aliphatic heterocycles. The van der Waals surface area contributed by atoms with Crippen molar-refractivity contribution in [3.05, 3.63) is 11.6 Å². The van der Waals surface area contributed by atoms with Gasteiger partial charge in [-0.15, -0.1) is 0 Å². The molecule has 1 N–H and O–H groups in total. The Labute approximate surface area is 180 Å². The van der Waals surface area contributed by atoms with E-state index in [9.17, 15) is 19.5 Å². The summed E-state index contributed by atoms with van der Waals surface area (Å²) in [6.07, 6.45) is 10.8. The van der Waals surface area contributed by atoms with Crippen LogP contribution in [0.3, 0.4) is 0 Å². The van der Waals surface area contributed by atoms with Crippen molar-refractivity contribution in [2.75, 3.05) is 0 Å². The minimum atomic E-state index is -1.34. The van der Waals surface area contributed by atoms with E-state index in [1.807, 2.05) is 13.8 Å². The zero-order valence-electron chi connectivity index (χ0n) is 19.1. The topological polar surface area (TPSA) is 71.4 Å². The molecule has 4 bridgehead atoms. The van der Waals surface area contributed by atoms with E-state index in [0.717, 1.165) is 50.4 Å². The molecule has 0 spiro atoms. The summed E-state index contributed by atoms with van der Waals surface area (Å²) in [5, 5.41) is 10.9. The van der Waals surface area contributed by atoms with Gasteiger partial charge in [0.25, 0.3) is 0 Å². The van der Waals surface area contributed by atoms with Gasteiger partial charge in [-0.1, -0.05) is 65.0 Å². The molecule has 0 aromatic heterocycles. The standard InChI is InChI=1S/C26H38O4/c1-5-6-7-8-9-22(28)25-14-19-17(4)10-11-20(19)24(15-27)13-18(25)12-21(16(2)3)26(24,25)23(29)30/h12,15-20H,5-11,13-14H2,1-4H3,(H,29,30)/t17-,18+,19-,20-,24+,25-,26+/m1/s1. The van der Waals surface area contributed by atoms with Crippen molar-refractivity contribution < 1.29 is 19.5 Å². The van der Waals surface area contributed by atoms with Crippen LogP contribution in [0, 0.1) is 45.8 Å². The fraction of sp³-hybridized carbons (Fsp3) is 0.808. The Kier molecular flexibility index (Phi) is 5.30. The minimum Gasteiger partial charge on any atom is -0.481 e. The number of fused-ring (bicyclic) bond motifs is 2. The van der Waals surface area contributed by atoms with Crippen LogP contribution in [0.25, 0.3) is 0 Å². The Morgan fingerprint density at radius 3 is 2.53 bits per heavy atom. The maximum atomic E-state index is 14.0. The predicted molar refractivity (Wildman–Crippen MR) is 116 cm³/mol. The molecule has 0 saturated heterocycles. The van der Waals surface area contributed by atoms with E-state index in [4.69, 9.17) is 0 Å². The van der Waals surface area contributed by atoms with Crippen molar-refractivity contribution in [3.8, 4) is 0 Å².